The molecule has 1 unspecified atom stereocenters. The van der Waals surface area contributed by atoms with Crippen LogP contribution in [0.4, 0.5) is 4.39 Å². The second-order valence-electron chi connectivity index (χ2n) is 4.72. The van der Waals surface area contributed by atoms with Crippen molar-refractivity contribution in [1.29, 1.82) is 0 Å². The summed E-state index contributed by atoms with van der Waals surface area (Å²) in [6.07, 6.45) is 0.994. The highest BCUT2D eigenvalue weighted by molar-refractivity contribution is 14.1. The van der Waals surface area contributed by atoms with Crippen LogP contribution in [0.2, 0.25) is 0 Å². The maximum Gasteiger partial charge on any atom is 0.128 e. The Labute approximate surface area is 155 Å². The van der Waals surface area contributed by atoms with Crippen molar-refractivity contribution in [2.45, 2.75) is 19.4 Å². The van der Waals surface area contributed by atoms with Gasteiger partial charge in [-0.1, -0.05) is 38.8 Å². The Balaban J connectivity index is 2.52. The molecule has 0 aliphatic rings. The summed E-state index contributed by atoms with van der Waals surface area (Å²) in [5.74, 6) is -0.197. The van der Waals surface area contributed by atoms with E-state index >= 15 is 0 Å². The summed E-state index contributed by atoms with van der Waals surface area (Å²) in [7, 11) is 0. The zero-order valence-corrected chi connectivity index (χ0v) is 16.8. The van der Waals surface area contributed by atoms with E-state index < -0.39 is 0 Å². The van der Waals surface area contributed by atoms with Crippen molar-refractivity contribution in [1.82, 2.24) is 5.32 Å². The predicted octanol–water partition coefficient (Wildman–Crippen LogP) is 6.04. The van der Waals surface area contributed by atoms with Crippen LogP contribution < -0.4 is 5.32 Å². The molecule has 0 aliphatic heterocycles. The summed E-state index contributed by atoms with van der Waals surface area (Å²) < 4.78 is 17.3. The van der Waals surface area contributed by atoms with Crippen LogP contribution in [0, 0.1) is 9.39 Å². The zero-order chi connectivity index (χ0) is 15.4. The van der Waals surface area contributed by atoms with Crippen molar-refractivity contribution in [2.24, 2.45) is 0 Å². The highest BCUT2D eigenvalue weighted by atomic mass is 127. The van der Waals surface area contributed by atoms with Gasteiger partial charge < -0.3 is 5.32 Å². The maximum atomic E-state index is 14.3. The van der Waals surface area contributed by atoms with Crippen LogP contribution >= 0.6 is 54.5 Å². The smallest absolute Gasteiger partial charge is 0.128 e. The van der Waals surface area contributed by atoms with Crippen LogP contribution in [0.5, 0.6) is 0 Å². The number of halogens is 4. The Morgan fingerprint density at radius 1 is 1.14 bits per heavy atom. The number of nitrogens with one attached hydrogen (secondary N) is 1. The van der Waals surface area contributed by atoms with Gasteiger partial charge in [0.05, 0.1) is 6.04 Å². The molecule has 0 aromatic heterocycles. The first-order valence-electron chi connectivity index (χ1n) is 6.66. The second kappa shape index (κ2) is 8.04. The lowest BCUT2D eigenvalue weighted by Crippen LogP contribution is -2.24. The minimum Gasteiger partial charge on any atom is -0.306 e. The summed E-state index contributed by atoms with van der Waals surface area (Å²) in [4.78, 5) is 0. The molecule has 0 amide bonds. The second-order valence-corrected chi connectivity index (χ2v) is 7.73. The van der Waals surface area contributed by atoms with Crippen LogP contribution in [-0.2, 0) is 0 Å². The highest BCUT2D eigenvalue weighted by Crippen LogP contribution is 2.32. The first-order chi connectivity index (χ1) is 10.0. The molecule has 5 heteroatoms. The highest BCUT2D eigenvalue weighted by Gasteiger charge is 2.20. The summed E-state index contributed by atoms with van der Waals surface area (Å²) in [6.45, 7) is 2.93. The van der Waals surface area contributed by atoms with Crippen LogP contribution in [0.1, 0.15) is 30.5 Å². The van der Waals surface area contributed by atoms with E-state index in [1.165, 1.54) is 6.07 Å². The van der Waals surface area contributed by atoms with E-state index in [-0.39, 0.29) is 11.9 Å². The van der Waals surface area contributed by atoms with Crippen molar-refractivity contribution in [2.75, 3.05) is 6.54 Å². The Morgan fingerprint density at radius 2 is 1.90 bits per heavy atom. The Kier molecular flexibility index (Phi) is 6.65. The van der Waals surface area contributed by atoms with Gasteiger partial charge >= 0.3 is 0 Å². The lowest BCUT2D eigenvalue weighted by Gasteiger charge is -2.22. The molecule has 1 nitrogen and oxygen atoms in total. The molecule has 0 aliphatic carbocycles. The molecule has 2 aromatic rings. The number of hydrogen-bond acceptors (Lipinski definition) is 1. The molecule has 2 rings (SSSR count). The normalized spacial score (nSPS) is 12.4. The quantitative estimate of drug-likeness (QED) is 0.468. The van der Waals surface area contributed by atoms with E-state index in [9.17, 15) is 4.39 Å². The molecule has 112 valence electrons. The van der Waals surface area contributed by atoms with E-state index in [1.54, 1.807) is 6.07 Å². The fraction of sp³-hybridized carbons (Fsp3) is 0.250. The van der Waals surface area contributed by atoms with Crippen molar-refractivity contribution in [3.05, 3.63) is 65.9 Å². The van der Waals surface area contributed by atoms with Gasteiger partial charge in [0.1, 0.15) is 5.82 Å². The lowest BCUT2D eigenvalue weighted by atomic mass is 9.98. The maximum absolute atomic E-state index is 14.3. The van der Waals surface area contributed by atoms with Gasteiger partial charge in [-0.2, -0.15) is 0 Å². The SMILES string of the molecule is CCCNC(c1cc(Br)ccc1F)c1cc(I)ccc1Br. The Morgan fingerprint density at radius 3 is 2.62 bits per heavy atom. The molecule has 0 bridgehead atoms. The van der Waals surface area contributed by atoms with Gasteiger partial charge in [0.25, 0.3) is 0 Å². The van der Waals surface area contributed by atoms with Crippen molar-refractivity contribution in [3.63, 3.8) is 0 Å². The molecule has 1 N–H and O–H groups in total. The first kappa shape index (κ1) is 17.4. The van der Waals surface area contributed by atoms with Gasteiger partial charge in [0.2, 0.25) is 0 Å². The van der Waals surface area contributed by atoms with Crippen molar-refractivity contribution < 1.29 is 4.39 Å². The number of benzene rings is 2. The molecule has 0 heterocycles. The van der Waals surface area contributed by atoms with Crippen molar-refractivity contribution >= 4 is 54.5 Å². The van der Waals surface area contributed by atoms with E-state index in [4.69, 9.17) is 0 Å². The zero-order valence-electron chi connectivity index (χ0n) is 11.5. The average molecular weight is 527 g/mol. The lowest BCUT2D eigenvalue weighted by molar-refractivity contribution is 0.545. The van der Waals surface area contributed by atoms with Gasteiger partial charge in [0, 0.05) is 18.1 Å². The van der Waals surface area contributed by atoms with Crippen molar-refractivity contribution in [3.8, 4) is 0 Å². The molecule has 21 heavy (non-hydrogen) atoms. The Hall–Kier alpha value is 0.0200. The first-order valence-corrected chi connectivity index (χ1v) is 9.32. The summed E-state index contributed by atoms with van der Waals surface area (Å²) in [5, 5.41) is 3.44. The number of rotatable bonds is 5. The van der Waals surface area contributed by atoms with Crippen LogP contribution in [0.15, 0.2) is 45.3 Å². The third-order valence-corrected chi connectivity index (χ3v) is 5.02. The third-order valence-electron chi connectivity index (χ3n) is 3.14. The van der Waals surface area contributed by atoms with E-state index in [0.717, 1.165) is 31.0 Å². The predicted molar refractivity (Wildman–Crippen MR) is 101 cm³/mol. The molecule has 0 fully saturated rings. The van der Waals surface area contributed by atoms with Crippen LogP contribution in [-0.4, -0.2) is 6.54 Å². The topological polar surface area (TPSA) is 12.0 Å². The van der Waals surface area contributed by atoms with Gasteiger partial charge in [-0.25, -0.2) is 4.39 Å². The Bertz CT molecular complexity index is 582. The molecular formula is C16H15Br2FIN. The minimum atomic E-state index is -0.197. The molecule has 0 spiro atoms. The van der Waals surface area contributed by atoms with E-state index in [1.807, 2.05) is 18.2 Å². The van der Waals surface area contributed by atoms with E-state index in [0.29, 0.717) is 5.56 Å². The van der Waals surface area contributed by atoms with Gasteiger partial charge in [-0.3, -0.25) is 0 Å². The molecule has 2 aromatic carbocycles. The number of hydrogen-bond donors (Lipinski definition) is 1. The minimum absolute atomic E-state index is 0.174. The molecule has 0 saturated carbocycles. The summed E-state index contributed by atoms with van der Waals surface area (Å²) in [5.41, 5.74) is 1.70. The molecule has 0 radical (unpaired) electrons. The fourth-order valence-electron chi connectivity index (χ4n) is 2.15. The average Bonchev–Trinajstić information content (AvgIpc) is 2.46. The van der Waals surface area contributed by atoms with Gasteiger partial charge in [-0.05, 0) is 77.5 Å². The largest absolute Gasteiger partial charge is 0.306 e. The third kappa shape index (κ3) is 4.50. The van der Waals surface area contributed by atoms with Crippen LogP contribution in [0.3, 0.4) is 0 Å². The summed E-state index contributed by atoms with van der Waals surface area (Å²) >= 11 is 9.29. The monoisotopic (exact) mass is 525 g/mol. The standard InChI is InChI=1S/C16H15Br2FIN/c1-2-7-21-16(12-9-11(20)4-5-14(12)18)13-8-10(17)3-6-15(13)19/h3-6,8-9,16,21H,2,7H2,1H3. The molecular weight excluding hydrogens is 512 g/mol. The van der Waals surface area contributed by atoms with E-state index in [2.05, 4.69) is 72.8 Å². The summed E-state index contributed by atoms with van der Waals surface area (Å²) in [6, 6.07) is 11.0. The van der Waals surface area contributed by atoms with Gasteiger partial charge in [0.15, 0.2) is 0 Å². The molecule has 0 saturated heterocycles. The molecule has 1 atom stereocenters. The van der Waals surface area contributed by atoms with Gasteiger partial charge in [-0.15, -0.1) is 0 Å². The van der Waals surface area contributed by atoms with Crippen LogP contribution in [0.25, 0.3) is 0 Å². The fourth-order valence-corrected chi connectivity index (χ4v) is 3.52.